The first-order chi connectivity index (χ1) is 5.56. The Labute approximate surface area is 77.2 Å². The van der Waals surface area contributed by atoms with Crippen molar-refractivity contribution in [3.8, 4) is 0 Å². The van der Waals surface area contributed by atoms with E-state index in [9.17, 15) is 0 Å². The zero-order chi connectivity index (χ0) is 9.56. The molecule has 0 amide bonds. The van der Waals surface area contributed by atoms with Crippen molar-refractivity contribution in [3.05, 3.63) is 12.7 Å². The molecule has 0 aliphatic carbocycles. The molecular weight excluding hydrogens is 146 g/mol. The first-order valence-electron chi connectivity index (χ1n) is 4.93. The Morgan fingerprint density at radius 1 is 1.17 bits per heavy atom. The SMILES string of the molecule is C=CCC(C)NC(C)CC(C)C. The third kappa shape index (κ3) is 6.41. The van der Waals surface area contributed by atoms with Gasteiger partial charge in [0.15, 0.2) is 0 Å². The molecule has 0 saturated heterocycles. The minimum absolute atomic E-state index is 0.566. The normalized spacial score (nSPS) is 16.1. The van der Waals surface area contributed by atoms with Crippen LogP contribution in [0, 0.1) is 5.92 Å². The zero-order valence-electron chi connectivity index (χ0n) is 8.93. The van der Waals surface area contributed by atoms with Gasteiger partial charge in [0, 0.05) is 12.1 Å². The summed E-state index contributed by atoms with van der Waals surface area (Å²) >= 11 is 0. The van der Waals surface area contributed by atoms with Crippen LogP contribution in [-0.2, 0) is 0 Å². The maximum absolute atomic E-state index is 3.73. The summed E-state index contributed by atoms with van der Waals surface area (Å²) in [5, 5.41) is 3.54. The zero-order valence-corrected chi connectivity index (χ0v) is 8.93. The summed E-state index contributed by atoms with van der Waals surface area (Å²) in [5.41, 5.74) is 0. The maximum Gasteiger partial charge on any atom is 0.00756 e. The second-order valence-electron chi connectivity index (χ2n) is 4.12. The molecule has 0 fully saturated rings. The lowest BCUT2D eigenvalue weighted by Gasteiger charge is -2.20. The summed E-state index contributed by atoms with van der Waals surface area (Å²) in [5.74, 6) is 0.781. The van der Waals surface area contributed by atoms with Gasteiger partial charge in [-0.3, -0.25) is 0 Å². The fraction of sp³-hybridized carbons (Fsp3) is 0.818. The molecule has 0 aromatic carbocycles. The van der Waals surface area contributed by atoms with E-state index in [1.165, 1.54) is 6.42 Å². The topological polar surface area (TPSA) is 12.0 Å². The van der Waals surface area contributed by atoms with E-state index in [0.717, 1.165) is 12.3 Å². The molecule has 0 radical (unpaired) electrons. The van der Waals surface area contributed by atoms with Crippen molar-refractivity contribution >= 4 is 0 Å². The van der Waals surface area contributed by atoms with Crippen LogP contribution in [0.15, 0.2) is 12.7 Å². The van der Waals surface area contributed by atoms with E-state index in [2.05, 4.69) is 39.6 Å². The quantitative estimate of drug-likeness (QED) is 0.603. The Balaban J connectivity index is 3.53. The largest absolute Gasteiger partial charge is 0.311 e. The summed E-state index contributed by atoms with van der Waals surface area (Å²) in [6.45, 7) is 12.7. The summed E-state index contributed by atoms with van der Waals surface area (Å²) in [6.07, 6.45) is 4.28. The highest BCUT2D eigenvalue weighted by molar-refractivity contribution is 4.77. The molecule has 0 aliphatic heterocycles. The lowest BCUT2D eigenvalue weighted by atomic mass is 10.0. The van der Waals surface area contributed by atoms with E-state index in [1.54, 1.807) is 0 Å². The molecule has 0 bridgehead atoms. The van der Waals surface area contributed by atoms with Gasteiger partial charge in [-0.05, 0) is 32.6 Å². The van der Waals surface area contributed by atoms with E-state index in [4.69, 9.17) is 0 Å². The van der Waals surface area contributed by atoms with Gasteiger partial charge in [0.25, 0.3) is 0 Å². The van der Waals surface area contributed by atoms with Crippen LogP contribution >= 0.6 is 0 Å². The number of hydrogen-bond donors (Lipinski definition) is 1. The molecule has 0 spiro atoms. The molecule has 0 aromatic heterocycles. The molecule has 0 heterocycles. The fourth-order valence-corrected chi connectivity index (χ4v) is 1.58. The van der Waals surface area contributed by atoms with E-state index in [-0.39, 0.29) is 0 Å². The van der Waals surface area contributed by atoms with Gasteiger partial charge in [-0.25, -0.2) is 0 Å². The van der Waals surface area contributed by atoms with Crippen LogP contribution in [0.25, 0.3) is 0 Å². The first-order valence-corrected chi connectivity index (χ1v) is 4.93. The number of hydrogen-bond acceptors (Lipinski definition) is 1. The van der Waals surface area contributed by atoms with Crippen molar-refractivity contribution in [3.63, 3.8) is 0 Å². The standard InChI is InChI=1S/C11H23N/c1-6-7-10(4)12-11(5)8-9(2)3/h6,9-12H,1,7-8H2,2-5H3. The van der Waals surface area contributed by atoms with Gasteiger partial charge in [0.2, 0.25) is 0 Å². The van der Waals surface area contributed by atoms with Gasteiger partial charge >= 0.3 is 0 Å². The molecule has 0 rings (SSSR count). The molecule has 12 heavy (non-hydrogen) atoms. The third-order valence-electron chi connectivity index (χ3n) is 1.91. The molecular formula is C11H23N. The van der Waals surface area contributed by atoms with Gasteiger partial charge in [-0.2, -0.15) is 0 Å². The van der Waals surface area contributed by atoms with E-state index >= 15 is 0 Å². The van der Waals surface area contributed by atoms with Gasteiger partial charge in [0.05, 0.1) is 0 Å². The molecule has 2 unspecified atom stereocenters. The minimum atomic E-state index is 0.566. The Morgan fingerprint density at radius 2 is 1.75 bits per heavy atom. The average Bonchev–Trinajstić information content (AvgIpc) is 1.84. The van der Waals surface area contributed by atoms with Gasteiger partial charge < -0.3 is 5.32 Å². The summed E-state index contributed by atoms with van der Waals surface area (Å²) in [7, 11) is 0. The van der Waals surface area contributed by atoms with Crippen LogP contribution in [0.4, 0.5) is 0 Å². The Bertz CT molecular complexity index is 118. The Morgan fingerprint density at radius 3 is 2.17 bits per heavy atom. The van der Waals surface area contributed by atoms with Crippen LogP contribution in [0.3, 0.4) is 0 Å². The van der Waals surface area contributed by atoms with Crippen LogP contribution in [0.5, 0.6) is 0 Å². The second kappa shape index (κ2) is 6.24. The van der Waals surface area contributed by atoms with Crippen molar-refractivity contribution in [2.24, 2.45) is 5.92 Å². The molecule has 1 nitrogen and oxygen atoms in total. The Hall–Kier alpha value is -0.300. The van der Waals surface area contributed by atoms with E-state index < -0.39 is 0 Å². The molecule has 72 valence electrons. The summed E-state index contributed by atoms with van der Waals surface area (Å²) < 4.78 is 0. The maximum atomic E-state index is 3.73. The summed E-state index contributed by atoms with van der Waals surface area (Å²) in [6, 6.07) is 1.19. The predicted octanol–water partition coefficient (Wildman–Crippen LogP) is 2.98. The van der Waals surface area contributed by atoms with Gasteiger partial charge in [-0.15, -0.1) is 6.58 Å². The van der Waals surface area contributed by atoms with Gasteiger partial charge in [-0.1, -0.05) is 19.9 Å². The van der Waals surface area contributed by atoms with E-state index in [0.29, 0.717) is 12.1 Å². The van der Waals surface area contributed by atoms with Crippen molar-refractivity contribution in [2.75, 3.05) is 0 Å². The fourth-order valence-electron chi connectivity index (χ4n) is 1.58. The highest BCUT2D eigenvalue weighted by Gasteiger charge is 2.07. The number of nitrogens with one attached hydrogen (secondary N) is 1. The van der Waals surface area contributed by atoms with Crippen molar-refractivity contribution < 1.29 is 0 Å². The number of rotatable bonds is 6. The molecule has 0 aliphatic rings. The average molecular weight is 169 g/mol. The van der Waals surface area contributed by atoms with Crippen molar-refractivity contribution in [1.82, 2.24) is 5.32 Å². The molecule has 0 aromatic rings. The lowest BCUT2D eigenvalue weighted by molar-refractivity contribution is 0.402. The minimum Gasteiger partial charge on any atom is -0.311 e. The smallest absolute Gasteiger partial charge is 0.00756 e. The molecule has 0 saturated carbocycles. The second-order valence-corrected chi connectivity index (χ2v) is 4.12. The van der Waals surface area contributed by atoms with Crippen LogP contribution in [0.1, 0.15) is 40.5 Å². The highest BCUT2D eigenvalue weighted by Crippen LogP contribution is 2.05. The van der Waals surface area contributed by atoms with Crippen LogP contribution < -0.4 is 5.32 Å². The summed E-state index contributed by atoms with van der Waals surface area (Å²) in [4.78, 5) is 0. The predicted molar refractivity (Wildman–Crippen MR) is 56.3 cm³/mol. The molecule has 2 atom stereocenters. The third-order valence-corrected chi connectivity index (χ3v) is 1.91. The van der Waals surface area contributed by atoms with Gasteiger partial charge in [0.1, 0.15) is 0 Å². The lowest BCUT2D eigenvalue weighted by Crippen LogP contribution is -2.34. The highest BCUT2D eigenvalue weighted by atomic mass is 14.9. The van der Waals surface area contributed by atoms with Crippen LogP contribution in [0.2, 0.25) is 0 Å². The molecule has 1 heteroatoms. The van der Waals surface area contributed by atoms with Crippen molar-refractivity contribution in [1.29, 1.82) is 0 Å². The molecule has 1 N–H and O–H groups in total. The van der Waals surface area contributed by atoms with E-state index in [1.807, 2.05) is 6.08 Å². The first kappa shape index (κ1) is 11.7. The monoisotopic (exact) mass is 169 g/mol. The Kier molecular flexibility index (Phi) is 6.09. The van der Waals surface area contributed by atoms with Crippen molar-refractivity contribution in [2.45, 2.75) is 52.6 Å². The van der Waals surface area contributed by atoms with Crippen LogP contribution in [-0.4, -0.2) is 12.1 Å².